The highest BCUT2D eigenvalue weighted by atomic mass is 16.5. The maximum atomic E-state index is 6.36. The molecule has 0 aliphatic rings. The first kappa shape index (κ1) is 16.8. The van der Waals surface area contributed by atoms with Crippen LogP contribution in [0.15, 0.2) is 18.2 Å². The van der Waals surface area contributed by atoms with Crippen molar-refractivity contribution in [1.29, 1.82) is 0 Å². The number of likely N-dealkylation sites (N-methyl/N-ethyl adjacent to an activating group) is 1. The molecule has 20 heavy (non-hydrogen) atoms. The summed E-state index contributed by atoms with van der Waals surface area (Å²) in [5.74, 6) is 2.21. The summed E-state index contributed by atoms with van der Waals surface area (Å²) in [4.78, 5) is 2.29. The van der Waals surface area contributed by atoms with Crippen molar-refractivity contribution in [3.8, 4) is 11.5 Å². The molecule has 0 saturated heterocycles. The topological polar surface area (TPSA) is 47.7 Å². The lowest BCUT2D eigenvalue weighted by Crippen LogP contribution is -2.38. The molecule has 2 N–H and O–H groups in total. The molecular weight excluding hydrogens is 252 g/mol. The van der Waals surface area contributed by atoms with E-state index in [1.807, 2.05) is 18.2 Å². The van der Waals surface area contributed by atoms with Crippen molar-refractivity contribution in [3.63, 3.8) is 0 Å². The second kappa shape index (κ2) is 7.50. The van der Waals surface area contributed by atoms with Crippen LogP contribution in [0, 0.1) is 5.92 Å². The van der Waals surface area contributed by atoms with Gasteiger partial charge in [-0.25, -0.2) is 0 Å². The van der Waals surface area contributed by atoms with Crippen LogP contribution in [-0.2, 0) is 0 Å². The molecule has 0 saturated carbocycles. The minimum absolute atomic E-state index is 0.105. The van der Waals surface area contributed by atoms with Crippen molar-refractivity contribution in [2.45, 2.75) is 32.9 Å². The molecule has 0 bridgehead atoms. The predicted octanol–water partition coefficient (Wildman–Crippen LogP) is 2.68. The van der Waals surface area contributed by atoms with E-state index >= 15 is 0 Å². The van der Waals surface area contributed by atoms with Crippen molar-refractivity contribution in [2.75, 3.05) is 27.8 Å². The standard InChI is InChI=1S/C16H28N2O2/c1-11(2)12(3)18(4)10-15(17)14-9-13(19-5)7-8-16(14)20-6/h7-9,11-12,15H,10,17H2,1-6H3. The molecule has 4 heteroatoms. The zero-order valence-corrected chi connectivity index (χ0v) is 13.5. The number of nitrogens with zero attached hydrogens (tertiary/aromatic N) is 1. The highest BCUT2D eigenvalue weighted by molar-refractivity contribution is 5.42. The van der Waals surface area contributed by atoms with Gasteiger partial charge >= 0.3 is 0 Å². The van der Waals surface area contributed by atoms with Gasteiger partial charge in [-0.1, -0.05) is 13.8 Å². The highest BCUT2D eigenvalue weighted by Gasteiger charge is 2.19. The minimum Gasteiger partial charge on any atom is -0.497 e. The van der Waals surface area contributed by atoms with Crippen molar-refractivity contribution < 1.29 is 9.47 Å². The Morgan fingerprint density at radius 1 is 1.15 bits per heavy atom. The molecule has 0 amide bonds. The molecule has 2 atom stereocenters. The summed E-state index contributed by atoms with van der Waals surface area (Å²) >= 11 is 0. The van der Waals surface area contributed by atoms with E-state index in [-0.39, 0.29) is 6.04 Å². The fourth-order valence-corrected chi connectivity index (χ4v) is 2.21. The molecule has 1 aromatic carbocycles. The first-order valence-corrected chi connectivity index (χ1v) is 7.08. The fraction of sp³-hybridized carbons (Fsp3) is 0.625. The lowest BCUT2D eigenvalue weighted by atomic mass is 10.0. The summed E-state index contributed by atoms with van der Waals surface area (Å²) in [6.07, 6.45) is 0. The predicted molar refractivity (Wildman–Crippen MR) is 83.4 cm³/mol. The average Bonchev–Trinajstić information content (AvgIpc) is 2.45. The van der Waals surface area contributed by atoms with Crippen LogP contribution >= 0.6 is 0 Å². The van der Waals surface area contributed by atoms with Crippen LogP contribution in [0.2, 0.25) is 0 Å². The first-order chi connectivity index (χ1) is 9.40. The molecule has 1 rings (SSSR count). The van der Waals surface area contributed by atoms with Gasteiger partial charge in [-0.15, -0.1) is 0 Å². The Hall–Kier alpha value is -1.26. The van der Waals surface area contributed by atoms with Gasteiger partial charge in [0.15, 0.2) is 0 Å². The molecule has 0 heterocycles. The van der Waals surface area contributed by atoms with Crippen LogP contribution in [0.5, 0.6) is 11.5 Å². The number of hydrogen-bond donors (Lipinski definition) is 1. The van der Waals surface area contributed by atoms with E-state index in [0.717, 1.165) is 23.6 Å². The maximum Gasteiger partial charge on any atom is 0.123 e. The molecule has 4 nitrogen and oxygen atoms in total. The first-order valence-electron chi connectivity index (χ1n) is 7.08. The second-order valence-electron chi connectivity index (χ2n) is 5.64. The Balaban J connectivity index is 2.88. The molecule has 0 aliphatic carbocycles. The van der Waals surface area contributed by atoms with Crippen molar-refractivity contribution in [2.24, 2.45) is 11.7 Å². The summed E-state index contributed by atoms with van der Waals surface area (Å²) in [7, 11) is 5.43. The number of methoxy groups -OCH3 is 2. The van der Waals surface area contributed by atoms with E-state index in [1.165, 1.54) is 0 Å². The maximum absolute atomic E-state index is 6.36. The SMILES string of the molecule is COc1ccc(OC)c(C(N)CN(C)C(C)C(C)C)c1. The lowest BCUT2D eigenvalue weighted by molar-refractivity contribution is 0.196. The van der Waals surface area contributed by atoms with Crippen LogP contribution in [-0.4, -0.2) is 38.8 Å². The third kappa shape index (κ3) is 4.12. The van der Waals surface area contributed by atoms with Gasteiger partial charge in [0.05, 0.1) is 14.2 Å². The monoisotopic (exact) mass is 280 g/mol. The van der Waals surface area contributed by atoms with Gasteiger partial charge in [0, 0.05) is 24.2 Å². The van der Waals surface area contributed by atoms with Crippen LogP contribution < -0.4 is 15.2 Å². The van der Waals surface area contributed by atoms with Gasteiger partial charge in [-0.05, 0) is 38.1 Å². The number of hydrogen-bond acceptors (Lipinski definition) is 4. The van der Waals surface area contributed by atoms with Crippen molar-refractivity contribution in [1.82, 2.24) is 4.90 Å². The smallest absolute Gasteiger partial charge is 0.123 e. The number of ether oxygens (including phenoxy) is 2. The van der Waals surface area contributed by atoms with E-state index in [2.05, 4.69) is 32.7 Å². The molecule has 0 spiro atoms. The van der Waals surface area contributed by atoms with E-state index < -0.39 is 0 Å². The molecule has 2 unspecified atom stereocenters. The van der Waals surface area contributed by atoms with E-state index in [1.54, 1.807) is 14.2 Å². The van der Waals surface area contributed by atoms with Crippen LogP contribution in [0.3, 0.4) is 0 Å². The fourth-order valence-electron chi connectivity index (χ4n) is 2.21. The van der Waals surface area contributed by atoms with Crippen LogP contribution in [0.4, 0.5) is 0 Å². The summed E-state index contributed by atoms with van der Waals surface area (Å²) in [6, 6.07) is 6.12. The van der Waals surface area contributed by atoms with Gasteiger partial charge in [0.1, 0.15) is 11.5 Å². The molecular formula is C16H28N2O2. The average molecular weight is 280 g/mol. The molecule has 0 aromatic heterocycles. The highest BCUT2D eigenvalue weighted by Crippen LogP contribution is 2.29. The number of rotatable bonds is 7. The van der Waals surface area contributed by atoms with Crippen LogP contribution in [0.1, 0.15) is 32.4 Å². The summed E-state index contributed by atoms with van der Waals surface area (Å²) in [5, 5.41) is 0. The number of benzene rings is 1. The molecule has 114 valence electrons. The third-order valence-corrected chi connectivity index (χ3v) is 3.98. The summed E-state index contributed by atoms with van der Waals surface area (Å²) in [5.41, 5.74) is 7.34. The largest absolute Gasteiger partial charge is 0.497 e. The Labute approximate surface area is 122 Å². The van der Waals surface area contributed by atoms with Crippen molar-refractivity contribution in [3.05, 3.63) is 23.8 Å². The third-order valence-electron chi connectivity index (χ3n) is 3.98. The normalized spacial score (nSPS) is 14.4. The van der Waals surface area contributed by atoms with E-state index in [0.29, 0.717) is 12.0 Å². The minimum atomic E-state index is -0.105. The van der Waals surface area contributed by atoms with Gasteiger partial charge in [-0.2, -0.15) is 0 Å². The quantitative estimate of drug-likeness (QED) is 0.834. The lowest BCUT2D eigenvalue weighted by Gasteiger charge is -2.30. The number of nitrogens with two attached hydrogens (primary N) is 1. The van der Waals surface area contributed by atoms with Gasteiger partial charge in [0.2, 0.25) is 0 Å². The van der Waals surface area contributed by atoms with Crippen LogP contribution in [0.25, 0.3) is 0 Å². The Morgan fingerprint density at radius 2 is 1.80 bits per heavy atom. The zero-order chi connectivity index (χ0) is 15.3. The Kier molecular flexibility index (Phi) is 6.30. The molecule has 0 fully saturated rings. The summed E-state index contributed by atoms with van der Waals surface area (Å²) in [6.45, 7) is 7.45. The van der Waals surface area contributed by atoms with Crippen molar-refractivity contribution >= 4 is 0 Å². The van der Waals surface area contributed by atoms with E-state index in [9.17, 15) is 0 Å². The van der Waals surface area contributed by atoms with Gasteiger partial charge in [0.25, 0.3) is 0 Å². The second-order valence-corrected chi connectivity index (χ2v) is 5.64. The van der Waals surface area contributed by atoms with Gasteiger partial charge < -0.3 is 20.1 Å². The summed E-state index contributed by atoms with van der Waals surface area (Å²) < 4.78 is 10.7. The molecule has 1 aromatic rings. The Morgan fingerprint density at radius 3 is 2.30 bits per heavy atom. The van der Waals surface area contributed by atoms with Gasteiger partial charge in [-0.3, -0.25) is 0 Å². The molecule has 0 radical (unpaired) electrons. The van der Waals surface area contributed by atoms with E-state index in [4.69, 9.17) is 15.2 Å². The Bertz CT molecular complexity index is 421. The molecule has 0 aliphatic heterocycles. The zero-order valence-electron chi connectivity index (χ0n) is 13.5.